The predicted molar refractivity (Wildman–Crippen MR) is 128 cm³/mol. The van der Waals surface area contributed by atoms with Crippen molar-refractivity contribution >= 4 is 35.0 Å². The summed E-state index contributed by atoms with van der Waals surface area (Å²) in [5, 5.41) is 45.3. The normalized spacial score (nSPS) is 9.43. The average Bonchev–Trinajstić information content (AvgIpc) is 2.92. The van der Waals surface area contributed by atoms with Gasteiger partial charge in [0.15, 0.2) is 0 Å². The van der Waals surface area contributed by atoms with Gasteiger partial charge in [0, 0.05) is 0 Å². The van der Waals surface area contributed by atoms with Gasteiger partial charge >= 0.3 is 206 Å². The number of carboxylic acid groups (broad SMARTS) is 4. The van der Waals surface area contributed by atoms with Crippen molar-refractivity contribution in [3.8, 4) is 0 Å². The number of aromatic carboxylic acids is 4. The molecule has 4 aromatic carbocycles. The summed E-state index contributed by atoms with van der Waals surface area (Å²) in [7, 11) is 0. The summed E-state index contributed by atoms with van der Waals surface area (Å²) in [4.78, 5) is 45.3. The minimum atomic E-state index is -1.36. The first-order valence-electron chi connectivity index (χ1n) is 11.2. The van der Waals surface area contributed by atoms with E-state index >= 15 is 0 Å². The Morgan fingerprint density at radius 3 is 0.524 bits per heavy atom. The van der Waals surface area contributed by atoms with Crippen LogP contribution in [0, 0.1) is 0 Å². The van der Waals surface area contributed by atoms with Gasteiger partial charge in [-0.05, 0) is 55.7 Å². The second kappa shape index (κ2) is 20.3. The minimum absolute atomic E-state index is 0. The zero-order valence-corrected chi connectivity index (χ0v) is 36.0. The number of carboxylic acids is 4. The maximum absolute atomic E-state index is 11.3. The van der Waals surface area contributed by atoms with E-state index in [4.69, 9.17) is 0 Å². The Balaban J connectivity index is 0.00000420. The van der Waals surface area contributed by atoms with E-state index in [2.05, 4.69) is 0 Å². The van der Waals surface area contributed by atoms with Crippen LogP contribution in [0.5, 0.6) is 0 Å². The SMILES string of the molecule is O=C([O-])c1ccc(C(=C(c2ccc(C(=O)[O-])cc2)c2ccc(C(=O)[O-])cc2)c2ccc(C(=O)[O-])cc2)cc1.[K+].[K+].[K+].[K+]. The van der Waals surface area contributed by atoms with E-state index in [1.54, 1.807) is 48.5 Å². The van der Waals surface area contributed by atoms with Gasteiger partial charge in [-0.1, -0.05) is 97.1 Å². The van der Waals surface area contributed by atoms with Crippen LogP contribution in [-0.4, -0.2) is 23.9 Å². The van der Waals surface area contributed by atoms with Crippen molar-refractivity contribution in [2.75, 3.05) is 0 Å². The van der Waals surface area contributed by atoms with E-state index in [1.807, 2.05) is 0 Å². The van der Waals surface area contributed by atoms with E-state index in [-0.39, 0.29) is 228 Å². The van der Waals surface area contributed by atoms with Gasteiger partial charge in [0.2, 0.25) is 0 Å². The Morgan fingerprint density at radius 1 is 0.286 bits per heavy atom. The van der Waals surface area contributed by atoms with Crippen LogP contribution in [0.2, 0.25) is 0 Å². The summed E-state index contributed by atoms with van der Waals surface area (Å²) in [5.74, 6) is -5.46. The van der Waals surface area contributed by atoms with Crippen LogP contribution in [0.1, 0.15) is 63.7 Å². The number of benzene rings is 4. The summed E-state index contributed by atoms with van der Waals surface area (Å²) in [5.41, 5.74) is 3.00. The molecule has 0 aromatic heterocycles. The molecule has 0 unspecified atom stereocenters. The fourth-order valence-electron chi connectivity index (χ4n) is 4.00. The van der Waals surface area contributed by atoms with Gasteiger partial charge in [0.05, 0.1) is 23.9 Å². The number of carbonyl (C=O) groups excluding carboxylic acids is 4. The molecule has 0 saturated heterocycles. The molecule has 0 aliphatic rings. The molecule has 0 aliphatic heterocycles. The molecule has 0 N–H and O–H groups in total. The van der Waals surface area contributed by atoms with Crippen molar-refractivity contribution in [2.45, 2.75) is 0 Å². The smallest absolute Gasteiger partial charge is 0.545 e. The summed E-state index contributed by atoms with van der Waals surface area (Å²) in [6, 6.07) is 23.3. The fraction of sp³-hybridized carbons (Fsp3) is 0. The molecule has 0 heterocycles. The molecule has 0 bridgehead atoms. The number of hydrogen-bond acceptors (Lipinski definition) is 8. The minimum Gasteiger partial charge on any atom is -0.545 e. The van der Waals surface area contributed by atoms with Crippen LogP contribution in [0.4, 0.5) is 0 Å². The topological polar surface area (TPSA) is 161 Å². The quantitative estimate of drug-likeness (QED) is 0.133. The maximum atomic E-state index is 11.3. The third kappa shape index (κ3) is 11.1. The molecular weight excluding hydrogens is 645 g/mol. The van der Waals surface area contributed by atoms with Gasteiger partial charge in [-0.3, -0.25) is 0 Å². The Kier molecular flexibility index (Phi) is 20.8. The Hall–Kier alpha value is 1.05. The molecule has 0 fully saturated rings. The third-order valence-electron chi connectivity index (χ3n) is 5.89. The summed E-state index contributed by atoms with van der Waals surface area (Å²) < 4.78 is 0. The Morgan fingerprint density at radius 2 is 0.405 bits per heavy atom. The summed E-state index contributed by atoms with van der Waals surface area (Å²) in [6.07, 6.45) is 0. The zero-order chi connectivity index (χ0) is 27.4. The first-order valence-corrected chi connectivity index (χ1v) is 11.2. The molecule has 4 rings (SSSR count). The largest absolute Gasteiger partial charge is 1.00 e. The summed E-state index contributed by atoms with van der Waals surface area (Å²) in [6.45, 7) is 0. The molecule has 0 spiro atoms. The summed E-state index contributed by atoms with van der Waals surface area (Å²) >= 11 is 0. The first kappa shape index (κ1) is 43.0. The van der Waals surface area contributed by atoms with Gasteiger partial charge in [-0.15, -0.1) is 0 Å². The van der Waals surface area contributed by atoms with E-state index in [0.29, 0.717) is 33.4 Å². The van der Waals surface area contributed by atoms with Crippen LogP contribution >= 0.6 is 0 Å². The van der Waals surface area contributed by atoms with Crippen LogP contribution in [0.15, 0.2) is 97.1 Å². The molecule has 0 atom stereocenters. The number of hydrogen-bond donors (Lipinski definition) is 0. The molecule has 0 amide bonds. The van der Waals surface area contributed by atoms with Crippen LogP contribution in [0.3, 0.4) is 0 Å². The standard InChI is InChI=1S/C30H20O8.4K/c31-27(32)21-9-1-17(2-10-21)25(18-3-11-22(12-4-18)28(33)34)26(19-5-13-23(14-6-19)29(35)36)20-7-15-24(16-8-20)30(37)38;;;;/h1-16H,(H,31,32)(H,33,34)(H,35,36)(H,37,38);;;;/q;4*+1/p-4. The van der Waals surface area contributed by atoms with Gasteiger partial charge in [0.1, 0.15) is 0 Å². The third-order valence-corrected chi connectivity index (χ3v) is 5.89. The van der Waals surface area contributed by atoms with Crippen LogP contribution in [0.25, 0.3) is 11.1 Å². The van der Waals surface area contributed by atoms with E-state index in [0.717, 1.165) is 0 Å². The molecule has 42 heavy (non-hydrogen) atoms. The predicted octanol–water partition coefficient (Wildman–Crippen LogP) is -11.8. The number of rotatable bonds is 8. The second-order valence-electron chi connectivity index (χ2n) is 8.21. The molecule has 0 aliphatic carbocycles. The molecule has 0 saturated carbocycles. The van der Waals surface area contributed by atoms with Crippen molar-refractivity contribution in [3.05, 3.63) is 142 Å². The van der Waals surface area contributed by atoms with E-state index in [1.165, 1.54) is 48.5 Å². The molecule has 188 valence electrons. The fourth-order valence-corrected chi connectivity index (χ4v) is 4.00. The van der Waals surface area contributed by atoms with Crippen molar-refractivity contribution in [2.24, 2.45) is 0 Å². The molecular formula is C30H16K4O8. The first-order chi connectivity index (χ1) is 18.2. The molecule has 8 nitrogen and oxygen atoms in total. The van der Waals surface area contributed by atoms with Crippen LogP contribution < -0.4 is 226 Å². The number of carbonyl (C=O) groups is 4. The van der Waals surface area contributed by atoms with Gasteiger partial charge in [0.25, 0.3) is 0 Å². The molecule has 4 aromatic rings. The van der Waals surface area contributed by atoms with Crippen molar-refractivity contribution < 1.29 is 245 Å². The van der Waals surface area contributed by atoms with E-state index < -0.39 is 23.9 Å². The van der Waals surface area contributed by atoms with E-state index in [9.17, 15) is 39.6 Å². The van der Waals surface area contributed by atoms with Crippen molar-refractivity contribution in [1.29, 1.82) is 0 Å². The molecule has 12 heteroatoms. The zero-order valence-electron chi connectivity index (χ0n) is 23.5. The second-order valence-corrected chi connectivity index (χ2v) is 8.21. The molecule has 0 radical (unpaired) electrons. The van der Waals surface area contributed by atoms with Crippen LogP contribution in [-0.2, 0) is 0 Å². The van der Waals surface area contributed by atoms with Gasteiger partial charge in [-0.2, -0.15) is 0 Å². The van der Waals surface area contributed by atoms with Crippen molar-refractivity contribution in [1.82, 2.24) is 0 Å². The monoisotopic (exact) mass is 660 g/mol. The Bertz CT molecular complexity index is 1340. The van der Waals surface area contributed by atoms with Gasteiger partial charge < -0.3 is 39.6 Å². The maximum Gasteiger partial charge on any atom is 1.00 e. The van der Waals surface area contributed by atoms with Crippen molar-refractivity contribution in [3.63, 3.8) is 0 Å². The van der Waals surface area contributed by atoms with Gasteiger partial charge in [-0.25, -0.2) is 0 Å². The Labute approximate surface area is 412 Å². The average molecular weight is 661 g/mol.